The van der Waals surface area contributed by atoms with Crippen LogP contribution in [-0.4, -0.2) is 42.4 Å². The number of hydrogen-bond acceptors (Lipinski definition) is 6. The summed E-state index contributed by atoms with van der Waals surface area (Å²) in [4.78, 5) is 23.2. The number of amides is 1. The Labute approximate surface area is 143 Å². The summed E-state index contributed by atoms with van der Waals surface area (Å²) in [5, 5.41) is 1.32. The van der Waals surface area contributed by atoms with E-state index in [2.05, 4.69) is 16.0 Å². The van der Waals surface area contributed by atoms with Gasteiger partial charge in [0, 0.05) is 24.0 Å². The van der Waals surface area contributed by atoms with E-state index in [4.69, 9.17) is 15.5 Å². The van der Waals surface area contributed by atoms with Crippen molar-refractivity contribution in [3.63, 3.8) is 0 Å². The van der Waals surface area contributed by atoms with E-state index >= 15 is 0 Å². The normalized spacial score (nSPS) is 20.0. The first-order valence-electron chi connectivity index (χ1n) is 7.71. The van der Waals surface area contributed by atoms with Crippen molar-refractivity contribution in [2.75, 3.05) is 31.2 Å². The number of ether oxygens (including phenoxy) is 1. The Morgan fingerprint density at radius 1 is 1.25 bits per heavy atom. The van der Waals surface area contributed by atoms with Crippen LogP contribution < -0.4 is 10.6 Å². The zero-order valence-corrected chi connectivity index (χ0v) is 13.8. The van der Waals surface area contributed by atoms with E-state index in [9.17, 15) is 4.79 Å². The van der Waals surface area contributed by atoms with Crippen molar-refractivity contribution in [1.29, 1.82) is 0 Å². The third kappa shape index (κ3) is 2.88. The molecule has 2 aliphatic rings. The molecule has 0 spiro atoms. The highest BCUT2D eigenvalue weighted by molar-refractivity contribution is 8.18. The Balaban J connectivity index is 1.82. The third-order valence-corrected chi connectivity index (χ3v) is 4.78. The molecular formula is C17H16N4O2S. The second kappa shape index (κ2) is 6.26. The van der Waals surface area contributed by atoms with Gasteiger partial charge in [-0.1, -0.05) is 18.2 Å². The van der Waals surface area contributed by atoms with Gasteiger partial charge in [0.15, 0.2) is 5.17 Å². The number of anilines is 1. The molecular weight excluding hydrogens is 324 g/mol. The maximum absolute atomic E-state index is 11.9. The minimum Gasteiger partial charge on any atom is -0.378 e. The van der Waals surface area contributed by atoms with Crippen LogP contribution in [0.5, 0.6) is 0 Å². The third-order valence-electron chi connectivity index (χ3n) is 3.97. The van der Waals surface area contributed by atoms with Gasteiger partial charge in [0.25, 0.3) is 5.91 Å². The van der Waals surface area contributed by atoms with Crippen LogP contribution >= 0.6 is 11.8 Å². The molecule has 0 bridgehead atoms. The lowest BCUT2D eigenvalue weighted by molar-refractivity contribution is -0.113. The number of aliphatic imine (C=N–C) groups is 1. The minimum atomic E-state index is -0.293. The Hall–Kier alpha value is -2.38. The van der Waals surface area contributed by atoms with Gasteiger partial charge in [-0.3, -0.25) is 4.79 Å². The number of benzene rings is 1. The molecule has 0 atom stereocenters. The number of thioether (sulfide) groups is 1. The molecule has 1 amide bonds. The van der Waals surface area contributed by atoms with Crippen molar-refractivity contribution in [1.82, 2.24) is 4.98 Å². The molecule has 1 aromatic carbocycles. The molecule has 2 N–H and O–H groups in total. The number of nitrogens with two attached hydrogens (primary N) is 1. The van der Waals surface area contributed by atoms with Gasteiger partial charge in [-0.15, -0.1) is 0 Å². The summed E-state index contributed by atoms with van der Waals surface area (Å²) < 4.78 is 5.44. The average Bonchev–Trinajstić information content (AvgIpc) is 2.92. The zero-order valence-electron chi connectivity index (χ0n) is 12.9. The summed E-state index contributed by atoms with van der Waals surface area (Å²) in [5.74, 6) is 0.571. The van der Waals surface area contributed by atoms with Crippen LogP contribution in [0.1, 0.15) is 5.56 Å². The van der Waals surface area contributed by atoms with E-state index in [1.54, 1.807) is 0 Å². The number of carbonyl (C=O) groups excluding carboxylic acids is 1. The number of fused-ring (bicyclic) bond motifs is 1. The Morgan fingerprint density at radius 2 is 2.04 bits per heavy atom. The number of pyridine rings is 1. The quantitative estimate of drug-likeness (QED) is 0.842. The lowest BCUT2D eigenvalue weighted by Gasteiger charge is -2.29. The number of carbonyl (C=O) groups is 1. The molecule has 0 aliphatic carbocycles. The Kier molecular flexibility index (Phi) is 3.95. The largest absolute Gasteiger partial charge is 0.378 e. The monoisotopic (exact) mass is 340 g/mol. The fourth-order valence-corrected chi connectivity index (χ4v) is 3.50. The van der Waals surface area contributed by atoms with Crippen molar-refractivity contribution in [2.45, 2.75) is 0 Å². The van der Waals surface area contributed by atoms with Crippen LogP contribution in [-0.2, 0) is 9.53 Å². The predicted molar refractivity (Wildman–Crippen MR) is 97.0 cm³/mol. The number of aromatic nitrogens is 1. The van der Waals surface area contributed by atoms with Gasteiger partial charge in [0.2, 0.25) is 0 Å². The molecule has 3 heterocycles. The average molecular weight is 340 g/mol. The second-order valence-electron chi connectivity index (χ2n) is 5.56. The van der Waals surface area contributed by atoms with Crippen LogP contribution in [0.3, 0.4) is 0 Å². The van der Waals surface area contributed by atoms with Gasteiger partial charge >= 0.3 is 0 Å². The van der Waals surface area contributed by atoms with Gasteiger partial charge in [0.05, 0.1) is 23.6 Å². The maximum atomic E-state index is 11.9. The second-order valence-corrected chi connectivity index (χ2v) is 6.62. The smallest absolute Gasteiger partial charge is 0.286 e. The highest BCUT2D eigenvalue weighted by atomic mass is 32.2. The summed E-state index contributed by atoms with van der Waals surface area (Å²) in [6.45, 7) is 2.91. The molecule has 4 rings (SSSR count). The number of morpholine rings is 1. The first-order valence-corrected chi connectivity index (χ1v) is 8.53. The fraction of sp³-hybridized carbons (Fsp3) is 0.235. The molecule has 0 radical (unpaired) electrons. The lowest BCUT2D eigenvalue weighted by atomic mass is 10.1. The summed E-state index contributed by atoms with van der Waals surface area (Å²) in [6.07, 6.45) is 1.83. The summed E-state index contributed by atoms with van der Waals surface area (Å²) in [5.41, 5.74) is 7.48. The van der Waals surface area contributed by atoms with Gasteiger partial charge in [-0.2, -0.15) is 4.99 Å². The maximum Gasteiger partial charge on any atom is 0.286 e. The lowest BCUT2D eigenvalue weighted by Crippen LogP contribution is -2.37. The molecule has 122 valence electrons. The summed E-state index contributed by atoms with van der Waals surface area (Å²) in [6, 6.07) is 10.0. The molecule has 2 aromatic rings. The number of para-hydroxylation sites is 1. The van der Waals surface area contributed by atoms with E-state index in [0.29, 0.717) is 18.1 Å². The van der Waals surface area contributed by atoms with Crippen LogP contribution in [0, 0.1) is 0 Å². The van der Waals surface area contributed by atoms with Gasteiger partial charge < -0.3 is 15.4 Å². The standard InChI is InChI=1S/C17H16N4O2S/c18-17-20-16(22)14(24-17)10-12-9-11-3-1-2-4-13(11)19-15(12)21-5-7-23-8-6-21/h1-4,9-10H,5-8H2,(H2,18,20,22)/b14-10-. The molecule has 1 saturated heterocycles. The number of hydrogen-bond donors (Lipinski definition) is 1. The molecule has 2 aliphatic heterocycles. The van der Waals surface area contributed by atoms with Crippen molar-refractivity contribution >= 4 is 45.6 Å². The van der Waals surface area contributed by atoms with Crippen LogP contribution in [0.2, 0.25) is 0 Å². The SMILES string of the molecule is NC1=NC(=O)/C(=C/c2cc3ccccc3nc2N2CCOCC2)S1. The fourth-order valence-electron chi connectivity index (χ4n) is 2.82. The minimum absolute atomic E-state index is 0.285. The Bertz CT molecular complexity index is 872. The van der Waals surface area contributed by atoms with E-state index in [-0.39, 0.29) is 11.1 Å². The molecule has 24 heavy (non-hydrogen) atoms. The zero-order chi connectivity index (χ0) is 16.5. The van der Waals surface area contributed by atoms with Crippen molar-refractivity contribution in [3.05, 3.63) is 40.8 Å². The molecule has 0 unspecified atom stereocenters. The summed E-state index contributed by atoms with van der Waals surface area (Å²) in [7, 11) is 0. The van der Waals surface area contributed by atoms with E-state index < -0.39 is 0 Å². The highest BCUT2D eigenvalue weighted by Crippen LogP contribution is 2.31. The predicted octanol–water partition coefficient (Wildman–Crippen LogP) is 2.00. The highest BCUT2D eigenvalue weighted by Gasteiger charge is 2.22. The van der Waals surface area contributed by atoms with Gasteiger partial charge in [0.1, 0.15) is 5.82 Å². The number of rotatable bonds is 2. The molecule has 6 nitrogen and oxygen atoms in total. The first-order chi connectivity index (χ1) is 11.7. The van der Waals surface area contributed by atoms with Crippen LogP contribution in [0.4, 0.5) is 5.82 Å². The van der Waals surface area contributed by atoms with Crippen molar-refractivity contribution in [3.8, 4) is 0 Å². The van der Waals surface area contributed by atoms with Crippen molar-refractivity contribution < 1.29 is 9.53 Å². The van der Waals surface area contributed by atoms with E-state index in [0.717, 1.165) is 35.4 Å². The number of amidine groups is 1. The summed E-state index contributed by atoms with van der Waals surface area (Å²) >= 11 is 1.20. The van der Waals surface area contributed by atoms with E-state index in [1.165, 1.54) is 11.8 Å². The van der Waals surface area contributed by atoms with Crippen LogP contribution in [0.15, 0.2) is 40.2 Å². The van der Waals surface area contributed by atoms with E-state index in [1.807, 2.05) is 30.3 Å². The van der Waals surface area contributed by atoms with Crippen molar-refractivity contribution in [2.24, 2.45) is 10.7 Å². The van der Waals surface area contributed by atoms with Gasteiger partial charge in [-0.05, 0) is 30.0 Å². The van der Waals surface area contributed by atoms with Crippen LogP contribution in [0.25, 0.3) is 17.0 Å². The molecule has 1 fully saturated rings. The first kappa shape index (κ1) is 15.2. The van der Waals surface area contributed by atoms with Gasteiger partial charge in [-0.25, -0.2) is 4.98 Å². The topological polar surface area (TPSA) is 80.8 Å². The number of nitrogens with zero attached hydrogens (tertiary/aromatic N) is 3. The molecule has 0 saturated carbocycles. The molecule has 7 heteroatoms. The molecule has 1 aromatic heterocycles. The Morgan fingerprint density at radius 3 is 2.79 bits per heavy atom.